The van der Waals surface area contributed by atoms with E-state index in [9.17, 15) is 4.79 Å². The van der Waals surface area contributed by atoms with Crippen LogP contribution in [-0.4, -0.2) is 25.5 Å². The van der Waals surface area contributed by atoms with E-state index in [2.05, 4.69) is 10.6 Å². The molecule has 0 spiro atoms. The highest BCUT2D eigenvalue weighted by Crippen LogP contribution is 2.31. The van der Waals surface area contributed by atoms with Gasteiger partial charge in [0.15, 0.2) is 0 Å². The molecule has 0 aliphatic carbocycles. The van der Waals surface area contributed by atoms with E-state index in [1.807, 2.05) is 26.0 Å². The first-order valence-electron chi connectivity index (χ1n) is 7.84. The number of carbonyl (C=O) groups excluding carboxylic acids is 1. The standard InChI is InChI=1S/C17H23N3O2/c1-10-7-14(16-13(15(10)18)8-11(2)22-16)17(21)20-9-12-3-5-19-6-4-12/h7-8,12,19H,3-6,9,18H2,1-2H3,(H,20,21). The van der Waals surface area contributed by atoms with Crippen LogP contribution in [0.2, 0.25) is 0 Å². The van der Waals surface area contributed by atoms with Crippen LogP contribution in [0.4, 0.5) is 5.69 Å². The zero-order valence-corrected chi connectivity index (χ0v) is 13.2. The van der Waals surface area contributed by atoms with Gasteiger partial charge in [0.1, 0.15) is 11.3 Å². The van der Waals surface area contributed by atoms with Crippen LogP contribution in [0.5, 0.6) is 0 Å². The molecular formula is C17H23N3O2. The van der Waals surface area contributed by atoms with E-state index < -0.39 is 0 Å². The van der Waals surface area contributed by atoms with Crippen LogP contribution in [0.15, 0.2) is 16.5 Å². The highest BCUT2D eigenvalue weighted by molar-refractivity contribution is 6.08. The fourth-order valence-corrected chi connectivity index (χ4v) is 3.07. The average molecular weight is 301 g/mol. The maximum absolute atomic E-state index is 12.5. The number of rotatable bonds is 3. The van der Waals surface area contributed by atoms with Crippen molar-refractivity contribution in [3.05, 3.63) is 29.0 Å². The summed E-state index contributed by atoms with van der Waals surface area (Å²) in [5, 5.41) is 7.21. The molecule has 22 heavy (non-hydrogen) atoms. The molecule has 1 aromatic carbocycles. The Morgan fingerprint density at radius 3 is 2.82 bits per heavy atom. The maximum Gasteiger partial charge on any atom is 0.255 e. The molecule has 4 N–H and O–H groups in total. The molecule has 1 aliphatic heterocycles. The summed E-state index contributed by atoms with van der Waals surface area (Å²) in [6.45, 7) is 6.56. The van der Waals surface area contributed by atoms with Crippen LogP contribution in [0.1, 0.15) is 34.5 Å². The van der Waals surface area contributed by atoms with Gasteiger partial charge in [0.05, 0.1) is 5.56 Å². The van der Waals surface area contributed by atoms with E-state index in [1.165, 1.54) is 0 Å². The zero-order valence-electron chi connectivity index (χ0n) is 13.2. The summed E-state index contributed by atoms with van der Waals surface area (Å²) in [7, 11) is 0. The lowest BCUT2D eigenvalue weighted by molar-refractivity contribution is 0.0945. The van der Waals surface area contributed by atoms with E-state index >= 15 is 0 Å². The van der Waals surface area contributed by atoms with E-state index in [0.29, 0.717) is 29.3 Å². The molecule has 118 valence electrons. The lowest BCUT2D eigenvalue weighted by Gasteiger charge is -2.22. The Labute approximate surface area is 130 Å². The van der Waals surface area contributed by atoms with Crippen molar-refractivity contribution >= 4 is 22.6 Å². The first-order valence-corrected chi connectivity index (χ1v) is 7.84. The van der Waals surface area contributed by atoms with Crippen molar-refractivity contribution in [3.8, 4) is 0 Å². The lowest BCUT2D eigenvalue weighted by Crippen LogP contribution is -2.36. The van der Waals surface area contributed by atoms with Gasteiger partial charge in [-0.1, -0.05) is 0 Å². The molecule has 3 rings (SSSR count). The third-order valence-electron chi connectivity index (χ3n) is 4.43. The molecule has 1 amide bonds. The smallest absolute Gasteiger partial charge is 0.255 e. The highest BCUT2D eigenvalue weighted by Gasteiger charge is 2.19. The third kappa shape index (κ3) is 2.81. The second-order valence-electron chi connectivity index (χ2n) is 6.16. The number of nitrogens with one attached hydrogen (secondary N) is 2. The number of nitrogens with two attached hydrogens (primary N) is 1. The Morgan fingerprint density at radius 2 is 2.09 bits per heavy atom. The molecule has 0 atom stereocenters. The molecule has 1 aromatic heterocycles. The Kier molecular flexibility index (Phi) is 4.07. The van der Waals surface area contributed by atoms with Gasteiger partial charge in [-0.15, -0.1) is 0 Å². The Hall–Kier alpha value is -2.01. The molecule has 1 aliphatic rings. The number of anilines is 1. The van der Waals surface area contributed by atoms with Crippen molar-refractivity contribution in [2.24, 2.45) is 5.92 Å². The first-order chi connectivity index (χ1) is 10.6. The minimum absolute atomic E-state index is 0.0824. The molecule has 5 nitrogen and oxygen atoms in total. The second-order valence-corrected chi connectivity index (χ2v) is 6.16. The summed E-state index contributed by atoms with van der Waals surface area (Å²) < 4.78 is 5.70. The fraction of sp³-hybridized carbons (Fsp3) is 0.471. The molecule has 2 heterocycles. The molecule has 1 saturated heterocycles. The Balaban J connectivity index is 1.82. The molecule has 0 radical (unpaired) electrons. The molecule has 2 aromatic rings. The molecule has 1 fully saturated rings. The van der Waals surface area contributed by atoms with E-state index in [1.54, 1.807) is 0 Å². The molecular weight excluding hydrogens is 278 g/mol. The molecule has 0 bridgehead atoms. The maximum atomic E-state index is 12.5. The van der Waals surface area contributed by atoms with Crippen molar-refractivity contribution in [2.45, 2.75) is 26.7 Å². The minimum Gasteiger partial charge on any atom is -0.460 e. The van der Waals surface area contributed by atoms with Gasteiger partial charge in [-0.25, -0.2) is 0 Å². The number of aryl methyl sites for hydroxylation is 2. The topological polar surface area (TPSA) is 80.3 Å². The van der Waals surface area contributed by atoms with Gasteiger partial charge < -0.3 is 20.8 Å². The number of piperidine rings is 1. The van der Waals surface area contributed by atoms with Crippen molar-refractivity contribution in [3.63, 3.8) is 0 Å². The number of nitrogen functional groups attached to an aromatic ring is 1. The number of furan rings is 1. The van der Waals surface area contributed by atoms with Crippen molar-refractivity contribution < 1.29 is 9.21 Å². The van der Waals surface area contributed by atoms with E-state index in [-0.39, 0.29) is 5.91 Å². The van der Waals surface area contributed by atoms with Crippen LogP contribution in [-0.2, 0) is 0 Å². The van der Waals surface area contributed by atoms with Gasteiger partial charge in [-0.05, 0) is 63.4 Å². The van der Waals surface area contributed by atoms with Crippen LogP contribution in [0, 0.1) is 19.8 Å². The largest absolute Gasteiger partial charge is 0.460 e. The van der Waals surface area contributed by atoms with Crippen molar-refractivity contribution in [1.29, 1.82) is 0 Å². The van der Waals surface area contributed by atoms with Crippen molar-refractivity contribution in [2.75, 3.05) is 25.4 Å². The molecule has 0 unspecified atom stereocenters. The van der Waals surface area contributed by atoms with Crippen LogP contribution in [0.25, 0.3) is 11.0 Å². The normalized spacial score (nSPS) is 16.1. The number of benzene rings is 1. The third-order valence-corrected chi connectivity index (χ3v) is 4.43. The highest BCUT2D eigenvalue weighted by atomic mass is 16.3. The second kappa shape index (κ2) is 6.01. The van der Waals surface area contributed by atoms with Gasteiger partial charge >= 0.3 is 0 Å². The first kappa shape index (κ1) is 14.9. The van der Waals surface area contributed by atoms with E-state index in [4.69, 9.17) is 10.2 Å². The summed E-state index contributed by atoms with van der Waals surface area (Å²) in [6.07, 6.45) is 2.21. The molecule has 0 saturated carbocycles. The van der Waals surface area contributed by atoms with Crippen LogP contribution < -0.4 is 16.4 Å². The Morgan fingerprint density at radius 1 is 1.36 bits per heavy atom. The quantitative estimate of drug-likeness (QED) is 0.760. The van der Waals surface area contributed by atoms with Crippen molar-refractivity contribution in [1.82, 2.24) is 10.6 Å². The monoisotopic (exact) mass is 301 g/mol. The lowest BCUT2D eigenvalue weighted by atomic mass is 9.98. The average Bonchev–Trinajstić information content (AvgIpc) is 2.91. The van der Waals surface area contributed by atoms with Gasteiger partial charge in [0, 0.05) is 17.6 Å². The summed E-state index contributed by atoms with van der Waals surface area (Å²) >= 11 is 0. The number of fused-ring (bicyclic) bond motifs is 1. The summed E-state index contributed by atoms with van der Waals surface area (Å²) in [5.74, 6) is 1.23. The molecule has 5 heteroatoms. The predicted molar refractivity (Wildman–Crippen MR) is 88.0 cm³/mol. The summed E-state index contributed by atoms with van der Waals surface area (Å²) in [6, 6.07) is 3.71. The Bertz CT molecular complexity index is 699. The van der Waals surface area contributed by atoms with E-state index in [0.717, 1.165) is 42.6 Å². The van der Waals surface area contributed by atoms with Crippen LogP contribution >= 0.6 is 0 Å². The fourth-order valence-electron chi connectivity index (χ4n) is 3.07. The van der Waals surface area contributed by atoms with Gasteiger partial charge in [0.25, 0.3) is 5.91 Å². The number of hydrogen-bond donors (Lipinski definition) is 3. The SMILES string of the molecule is Cc1cc2c(N)c(C)cc(C(=O)NCC3CCNCC3)c2o1. The summed E-state index contributed by atoms with van der Waals surface area (Å²) in [4.78, 5) is 12.5. The minimum atomic E-state index is -0.0824. The van der Waals surface area contributed by atoms with Gasteiger partial charge in [-0.2, -0.15) is 0 Å². The van der Waals surface area contributed by atoms with Gasteiger partial charge in [0.2, 0.25) is 0 Å². The van der Waals surface area contributed by atoms with Crippen LogP contribution in [0.3, 0.4) is 0 Å². The predicted octanol–water partition coefficient (Wildman–Crippen LogP) is 2.36. The number of hydrogen-bond acceptors (Lipinski definition) is 4. The zero-order chi connectivity index (χ0) is 15.7. The summed E-state index contributed by atoms with van der Waals surface area (Å²) in [5.41, 5.74) is 8.84. The number of amides is 1. The van der Waals surface area contributed by atoms with Gasteiger partial charge in [-0.3, -0.25) is 4.79 Å². The number of carbonyl (C=O) groups is 1.